The number of halogens is 4. The molecule has 4 rings (SSSR count). The summed E-state index contributed by atoms with van der Waals surface area (Å²) in [7, 11) is 0. The number of carbonyl (C=O) groups excluding carboxylic acids is 2. The van der Waals surface area contributed by atoms with Gasteiger partial charge in [0.25, 0.3) is 0 Å². The Labute approximate surface area is 245 Å². The van der Waals surface area contributed by atoms with Crippen LogP contribution in [0.4, 0.5) is 23.7 Å². The minimum atomic E-state index is -1.12. The number of morpholine rings is 1. The number of nitrogens with zero attached hydrogens (tertiary/aromatic N) is 1. The maximum absolute atomic E-state index is 14.9. The Morgan fingerprint density at radius 1 is 1.12 bits per heavy atom. The second-order valence-electron chi connectivity index (χ2n) is 9.75. The Balaban J connectivity index is 1.41. The lowest BCUT2D eigenvalue weighted by Gasteiger charge is -2.30. The molecule has 42 heavy (non-hydrogen) atoms. The molecule has 9 nitrogen and oxygen atoms in total. The van der Waals surface area contributed by atoms with Gasteiger partial charge in [0.15, 0.2) is 6.80 Å². The summed E-state index contributed by atoms with van der Waals surface area (Å²) in [6.45, 7) is -0.367. The summed E-state index contributed by atoms with van der Waals surface area (Å²) in [4.78, 5) is 28.6. The summed E-state index contributed by atoms with van der Waals surface area (Å²) in [5, 5.41) is 8.31. The molecule has 13 heteroatoms. The molecule has 0 bridgehead atoms. The maximum atomic E-state index is 14.9. The monoisotopic (exact) mass is 605 g/mol. The molecule has 2 heterocycles. The van der Waals surface area contributed by atoms with Gasteiger partial charge in [-0.15, -0.1) is 0 Å². The zero-order valence-corrected chi connectivity index (χ0v) is 23.3. The number of nitrogens with two attached hydrogens (primary N) is 1. The molecule has 5 N–H and O–H groups in total. The molecule has 2 aromatic carbocycles. The number of anilines is 1. The highest BCUT2D eigenvalue weighted by Crippen LogP contribution is 2.30. The number of carbonyl (C=O) groups is 2. The first-order chi connectivity index (χ1) is 20.2. The molecule has 0 saturated carbocycles. The van der Waals surface area contributed by atoms with Crippen LogP contribution in [0, 0.1) is 11.6 Å². The lowest BCUT2D eigenvalue weighted by Crippen LogP contribution is -2.49. The van der Waals surface area contributed by atoms with Gasteiger partial charge in [-0.3, -0.25) is 15.1 Å². The SMILES string of the molecule is NC(C(=O)Nc1cncc(F)c1CC[C@@H]1CN[C@H](COC(=O)NCF)CO1)[C@H](c1ccc(F)cc1)c1ccc(Cl)cc1. The molecular weight excluding hydrogens is 575 g/mol. The average Bonchev–Trinajstić information content (AvgIpc) is 2.98. The van der Waals surface area contributed by atoms with Gasteiger partial charge in [-0.25, -0.2) is 18.0 Å². The molecule has 2 amide bonds. The molecule has 4 atom stereocenters. The molecule has 3 aromatic rings. The molecule has 0 aliphatic carbocycles. The zero-order chi connectivity index (χ0) is 30.1. The molecule has 1 aliphatic rings. The summed E-state index contributed by atoms with van der Waals surface area (Å²) >= 11 is 6.05. The Morgan fingerprint density at radius 3 is 2.45 bits per heavy atom. The third-order valence-electron chi connectivity index (χ3n) is 6.89. The fourth-order valence-electron chi connectivity index (χ4n) is 4.69. The van der Waals surface area contributed by atoms with Crippen molar-refractivity contribution in [2.45, 2.75) is 36.9 Å². The minimum Gasteiger partial charge on any atom is -0.448 e. The largest absolute Gasteiger partial charge is 0.448 e. The topological polar surface area (TPSA) is 128 Å². The highest BCUT2D eigenvalue weighted by atomic mass is 35.5. The first-order valence-electron chi connectivity index (χ1n) is 13.3. The fraction of sp³-hybridized carbons (Fsp3) is 0.345. The average molecular weight is 606 g/mol. The van der Waals surface area contributed by atoms with E-state index in [9.17, 15) is 22.8 Å². The highest BCUT2D eigenvalue weighted by Gasteiger charge is 2.29. The molecule has 0 radical (unpaired) electrons. The van der Waals surface area contributed by atoms with Crippen molar-refractivity contribution in [2.24, 2.45) is 5.73 Å². The number of alkyl carbamates (subject to hydrolysis) is 1. The predicted octanol–water partition coefficient (Wildman–Crippen LogP) is 4.05. The van der Waals surface area contributed by atoms with Crippen molar-refractivity contribution in [2.75, 3.05) is 31.9 Å². The molecular formula is C29H31ClF3N5O4. The van der Waals surface area contributed by atoms with Crippen LogP contribution in [-0.2, 0) is 20.7 Å². The standard InChI is InChI=1S/C29H31ClF3N5O4/c30-19-5-1-17(2-6-19)26(18-3-7-20(32)8-4-18)27(34)28(39)38-25-13-35-12-24(33)23(25)10-9-22-11-36-21(14-41-22)15-42-29(40)37-16-31/h1-8,12-13,21-22,26-27,36H,9-11,14-16,34H2,(H,37,40)(H,38,39)/t21-,22+,26-,27?/m0/s1. The second kappa shape index (κ2) is 15.0. The van der Waals surface area contributed by atoms with Crippen LogP contribution < -0.4 is 21.7 Å². The van der Waals surface area contributed by atoms with Gasteiger partial charge in [0.05, 0.1) is 42.9 Å². The Hall–Kier alpha value is -3.71. The van der Waals surface area contributed by atoms with Gasteiger partial charge in [-0.05, 0) is 48.2 Å². The number of aromatic nitrogens is 1. The van der Waals surface area contributed by atoms with Gasteiger partial charge < -0.3 is 25.8 Å². The minimum absolute atomic E-state index is 0.00288. The van der Waals surface area contributed by atoms with E-state index in [1.165, 1.54) is 18.3 Å². The van der Waals surface area contributed by atoms with Crippen molar-refractivity contribution >= 4 is 29.3 Å². The predicted molar refractivity (Wildman–Crippen MR) is 151 cm³/mol. The number of hydrogen-bond donors (Lipinski definition) is 4. The van der Waals surface area contributed by atoms with E-state index in [4.69, 9.17) is 26.8 Å². The van der Waals surface area contributed by atoms with Gasteiger partial charge >= 0.3 is 6.09 Å². The van der Waals surface area contributed by atoms with Crippen LogP contribution in [0.5, 0.6) is 0 Å². The van der Waals surface area contributed by atoms with Crippen LogP contribution in [0.3, 0.4) is 0 Å². The number of alkyl halides is 1. The molecule has 1 aliphatic heterocycles. The molecule has 1 unspecified atom stereocenters. The molecule has 1 aromatic heterocycles. The highest BCUT2D eigenvalue weighted by molar-refractivity contribution is 6.30. The lowest BCUT2D eigenvalue weighted by molar-refractivity contribution is -0.117. The zero-order valence-electron chi connectivity index (χ0n) is 22.5. The Morgan fingerprint density at radius 2 is 1.81 bits per heavy atom. The lowest BCUT2D eigenvalue weighted by atomic mass is 9.85. The Bertz CT molecular complexity index is 1300. The number of rotatable bonds is 11. The van der Waals surface area contributed by atoms with Crippen molar-refractivity contribution in [3.05, 3.63) is 94.3 Å². The van der Waals surface area contributed by atoms with Crippen LogP contribution >= 0.6 is 11.6 Å². The van der Waals surface area contributed by atoms with Crippen molar-refractivity contribution in [1.82, 2.24) is 15.6 Å². The van der Waals surface area contributed by atoms with Crippen LogP contribution in [-0.4, -0.2) is 61.7 Å². The van der Waals surface area contributed by atoms with E-state index in [2.05, 4.69) is 15.6 Å². The normalized spacial score (nSPS) is 18.1. The summed E-state index contributed by atoms with van der Waals surface area (Å²) in [5.74, 6) is -2.25. The summed E-state index contributed by atoms with van der Waals surface area (Å²) in [6.07, 6.45) is 1.93. The van der Waals surface area contributed by atoms with E-state index in [1.807, 2.05) is 5.32 Å². The van der Waals surface area contributed by atoms with Gasteiger partial charge in [0, 0.05) is 23.0 Å². The van der Waals surface area contributed by atoms with E-state index in [0.29, 0.717) is 29.1 Å². The van der Waals surface area contributed by atoms with Crippen LogP contribution in [0.1, 0.15) is 29.0 Å². The number of nitrogens with one attached hydrogen (secondary N) is 3. The van der Waals surface area contributed by atoms with E-state index >= 15 is 0 Å². The van der Waals surface area contributed by atoms with Gasteiger partial charge in [0.2, 0.25) is 5.91 Å². The van der Waals surface area contributed by atoms with Crippen molar-refractivity contribution < 1.29 is 32.2 Å². The smallest absolute Gasteiger partial charge is 0.409 e. The Kier molecular flexibility index (Phi) is 11.1. The summed E-state index contributed by atoms with van der Waals surface area (Å²) in [6, 6.07) is 11.1. The third-order valence-corrected chi connectivity index (χ3v) is 7.15. The quantitative estimate of drug-likeness (QED) is 0.243. The van der Waals surface area contributed by atoms with Crippen LogP contribution in [0.2, 0.25) is 5.02 Å². The number of amides is 2. The first-order valence-corrected chi connectivity index (χ1v) is 13.6. The maximum Gasteiger partial charge on any atom is 0.409 e. The van der Waals surface area contributed by atoms with Gasteiger partial charge in [-0.1, -0.05) is 35.9 Å². The third kappa shape index (κ3) is 8.41. The number of hydrogen-bond acceptors (Lipinski definition) is 7. The molecule has 224 valence electrons. The van der Waals surface area contributed by atoms with E-state index in [1.54, 1.807) is 36.4 Å². The van der Waals surface area contributed by atoms with Gasteiger partial charge in [0.1, 0.15) is 18.2 Å². The first kappa shape index (κ1) is 31.2. The van der Waals surface area contributed by atoms with E-state index in [0.717, 1.165) is 6.20 Å². The molecule has 0 spiro atoms. The molecule has 1 fully saturated rings. The van der Waals surface area contributed by atoms with Crippen molar-refractivity contribution in [3.63, 3.8) is 0 Å². The van der Waals surface area contributed by atoms with Crippen molar-refractivity contribution in [3.8, 4) is 0 Å². The number of pyridine rings is 1. The number of benzene rings is 2. The van der Waals surface area contributed by atoms with Gasteiger partial charge in [-0.2, -0.15) is 0 Å². The number of ether oxygens (including phenoxy) is 2. The van der Waals surface area contributed by atoms with Crippen molar-refractivity contribution in [1.29, 1.82) is 0 Å². The van der Waals surface area contributed by atoms with Crippen LogP contribution in [0.25, 0.3) is 0 Å². The molecule has 1 saturated heterocycles. The fourth-order valence-corrected chi connectivity index (χ4v) is 4.81. The van der Waals surface area contributed by atoms with E-state index < -0.39 is 42.4 Å². The summed E-state index contributed by atoms with van der Waals surface area (Å²) < 4.78 is 51.4. The summed E-state index contributed by atoms with van der Waals surface area (Å²) in [5.41, 5.74) is 8.20. The second-order valence-corrected chi connectivity index (χ2v) is 10.2. The van der Waals surface area contributed by atoms with Crippen LogP contribution in [0.15, 0.2) is 60.9 Å². The van der Waals surface area contributed by atoms with E-state index in [-0.39, 0.29) is 43.0 Å².